The molecule has 3 aromatic carbocycles. The van der Waals surface area contributed by atoms with Crippen LogP contribution < -0.4 is 25.0 Å². The van der Waals surface area contributed by atoms with Crippen molar-refractivity contribution in [1.82, 2.24) is 5.32 Å². The number of phenols is 2. The minimum absolute atomic E-state index is 0.237. The molecule has 0 unspecified atom stereocenters. The monoisotopic (exact) mass is 541 g/mol. The van der Waals surface area contributed by atoms with Crippen LogP contribution in [0.5, 0.6) is 23.0 Å². The van der Waals surface area contributed by atoms with Crippen LogP contribution in [0.2, 0.25) is 0 Å². The third-order valence-corrected chi connectivity index (χ3v) is 8.47. The number of carbonyl (C=O) groups excluding carboxylic acids is 3. The lowest BCUT2D eigenvalue weighted by Crippen LogP contribution is -2.53. The van der Waals surface area contributed by atoms with Gasteiger partial charge in [0.1, 0.15) is 18.8 Å². The summed E-state index contributed by atoms with van der Waals surface area (Å²) in [5.41, 5.74) is 1.79. The number of fused-ring (bicyclic) bond motifs is 5. The molecule has 0 aromatic heterocycles. The average Bonchev–Trinajstić information content (AvgIpc) is 3.54. The highest BCUT2D eigenvalue weighted by molar-refractivity contribution is 6.26. The maximum absolute atomic E-state index is 14.3. The van der Waals surface area contributed by atoms with Crippen molar-refractivity contribution in [3.05, 3.63) is 71.3 Å². The van der Waals surface area contributed by atoms with Crippen molar-refractivity contribution >= 4 is 29.1 Å². The topological polar surface area (TPSA) is 137 Å². The zero-order chi connectivity index (χ0) is 27.8. The van der Waals surface area contributed by atoms with Gasteiger partial charge in [0.25, 0.3) is 0 Å². The molecular formula is C30H27N3O7. The van der Waals surface area contributed by atoms with Crippen LogP contribution in [0.15, 0.2) is 54.6 Å². The molecule has 4 atom stereocenters. The van der Waals surface area contributed by atoms with Gasteiger partial charge in [0.05, 0.1) is 17.5 Å². The van der Waals surface area contributed by atoms with Gasteiger partial charge in [-0.15, -0.1) is 0 Å². The maximum Gasteiger partial charge on any atom is 0.250 e. The number of imide groups is 1. The number of ether oxygens (including phenoxy) is 2. The summed E-state index contributed by atoms with van der Waals surface area (Å²) in [6, 6.07) is 14.5. The number of phenolic OH excluding ortho intramolecular Hbond substituents is 2. The number of aryl methyl sites for hydroxylation is 1. The van der Waals surface area contributed by atoms with E-state index in [2.05, 4.69) is 10.6 Å². The van der Waals surface area contributed by atoms with E-state index in [-0.39, 0.29) is 23.8 Å². The Balaban J connectivity index is 1.36. The van der Waals surface area contributed by atoms with Crippen molar-refractivity contribution in [2.75, 3.05) is 23.4 Å². The molecule has 4 aliphatic heterocycles. The Bertz CT molecular complexity index is 1600. The molecule has 204 valence electrons. The van der Waals surface area contributed by atoms with E-state index in [1.807, 2.05) is 25.1 Å². The first-order chi connectivity index (χ1) is 19.3. The number of anilines is 2. The molecule has 3 amide bonds. The minimum Gasteiger partial charge on any atom is -0.504 e. The predicted octanol–water partition coefficient (Wildman–Crippen LogP) is 2.60. The van der Waals surface area contributed by atoms with E-state index < -0.39 is 35.2 Å². The Morgan fingerprint density at radius 2 is 1.68 bits per heavy atom. The van der Waals surface area contributed by atoms with Gasteiger partial charge in [-0.05, 0) is 54.3 Å². The van der Waals surface area contributed by atoms with Crippen LogP contribution in [0.4, 0.5) is 11.4 Å². The summed E-state index contributed by atoms with van der Waals surface area (Å²) in [4.78, 5) is 43.4. The Labute approximate surface area is 229 Å². The number of hydrogen-bond acceptors (Lipinski definition) is 8. The van der Waals surface area contributed by atoms with Crippen LogP contribution in [0.3, 0.4) is 0 Å². The van der Waals surface area contributed by atoms with E-state index in [1.165, 1.54) is 12.1 Å². The quantitative estimate of drug-likeness (QED) is 0.292. The second-order valence-electron chi connectivity index (χ2n) is 10.6. The van der Waals surface area contributed by atoms with Crippen molar-refractivity contribution in [1.29, 1.82) is 0 Å². The van der Waals surface area contributed by atoms with Crippen LogP contribution in [-0.2, 0) is 32.8 Å². The number of nitrogens with zero attached hydrogens (tertiary/aromatic N) is 1. The Kier molecular flexibility index (Phi) is 5.33. The van der Waals surface area contributed by atoms with Gasteiger partial charge in [-0.1, -0.05) is 25.1 Å². The highest BCUT2D eigenvalue weighted by atomic mass is 16.6. The van der Waals surface area contributed by atoms with Crippen molar-refractivity contribution in [2.24, 2.45) is 11.8 Å². The van der Waals surface area contributed by atoms with Crippen LogP contribution >= 0.6 is 0 Å². The molecule has 0 aliphatic carbocycles. The fraction of sp³-hybridized carbons (Fsp3) is 0.300. The molecule has 2 fully saturated rings. The number of benzene rings is 3. The van der Waals surface area contributed by atoms with Gasteiger partial charge < -0.3 is 25.0 Å². The number of nitrogens with one attached hydrogen (secondary N) is 2. The first-order valence-corrected chi connectivity index (χ1v) is 13.3. The highest BCUT2D eigenvalue weighted by Gasteiger charge is 2.70. The van der Waals surface area contributed by atoms with Crippen molar-refractivity contribution in [3.63, 3.8) is 0 Å². The van der Waals surface area contributed by atoms with Gasteiger partial charge in [0.15, 0.2) is 23.0 Å². The Hall–Kier alpha value is -4.57. The summed E-state index contributed by atoms with van der Waals surface area (Å²) in [5.74, 6) is -2.70. The molecule has 0 saturated carbocycles. The fourth-order valence-electron chi connectivity index (χ4n) is 6.62. The molecule has 10 nitrogen and oxygen atoms in total. The summed E-state index contributed by atoms with van der Waals surface area (Å²) in [6.07, 6.45) is 0.971. The second-order valence-corrected chi connectivity index (χ2v) is 10.6. The molecule has 7 rings (SSSR count). The van der Waals surface area contributed by atoms with E-state index >= 15 is 0 Å². The number of amides is 3. The molecule has 4 heterocycles. The van der Waals surface area contributed by atoms with Gasteiger partial charge in [-0.25, -0.2) is 4.90 Å². The second kappa shape index (κ2) is 8.72. The van der Waals surface area contributed by atoms with E-state index in [0.717, 1.165) is 16.9 Å². The number of rotatable bonds is 4. The minimum atomic E-state index is -1.45. The lowest BCUT2D eigenvalue weighted by Gasteiger charge is -2.30. The molecule has 2 saturated heterocycles. The smallest absolute Gasteiger partial charge is 0.250 e. The number of hydrogen-bond donors (Lipinski definition) is 4. The molecule has 4 aliphatic rings. The maximum atomic E-state index is 14.3. The lowest BCUT2D eigenvalue weighted by atomic mass is 9.76. The number of carbonyl (C=O) groups is 3. The molecule has 4 N–H and O–H groups in total. The number of aromatic hydroxyl groups is 2. The molecule has 3 aromatic rings. The highest BCUT2D eigenvalue weighted by Crippen LogP contribution is 2.54. The van der Waals surface area contributed by atoms with Gasteiger partial charge in [0, 0.05) is 23.4 Å². The molecule has 0 radical (unpaired) electrons. The SMILES string of the molecule is CCc1ccc2c(c1)[C@@]1(N[C@@H](Cc3ccc(O)c(O)c3)[C@H]3C(=O)N(c4ccc5c(c4)OCCO5)C(=O)[C@@H]31)C(=O)N2. The largest absolute Gasteiger partial charge is 0.504 e. The summed E-state index contributed by atoms with van der Waals surface area (Å²) >= 11 is 0. The summed E-state index contributed by atoms with van der Waals surface area (Å²) in [5, 5.41) is 26.2. The standard InChI is InChI=1S/C30H27N3O7/c1-2-15-3-6-19-18(11-15)30(29(38)31-19)26-25(20(32-30)12-16-4-7-21(34)22(35)13-16)27(36)33(28(26)37)17-5-8-23-24(14-17)40-10-9-39-23/h3-8,11,13-14,20,25-26,32,34-35H,2,9-10,12H2,1H3,(H,31,38)/t20-,25+,26+,30-/m0/s1. The third-order valence-electron chi connectivity index (χ3n) is 8.47. The Morgan fingerprint density at radius 1 is 0.900 bits per heavy atom. The summed E-state index contributed by atoms with van der Waals surface area (Å²) in [7, 11) is 0. The van der Waals surface area contributed by atoms with Crippen LogP contribution in [-0.4, -0.2) is 47.2 Å². The normalized spacial score (nSPS) is 26.3. The first-order valence-electron chi connectivity index (χ1n) is 13.3. The molecule has 1 spiro atoms. The lowest BCUT2D eigenvalue weighted by molar-refractivity contribution is -0.130. The van der Waals surface area contributed by atoms with E-state index in [9.17, 15) is 24.6 Å². The van der Waals surface area contributed by atoms with E-state index in [1.54, 1.807) is 24.3 Å². The molecular weight excluding hydrogens is 514 g/mol. The average molecular weight is 542 g/mol. The Morgan fingerprint density at radius 3 is 2.45 bits per heavy atom. The molecule has 0 bridgehead atoms. The summed E-state index contributed by atoms with van der Waals surface area (Å²) < 4.78 is 11.3. The third kappa shape index (κ3) is 3.35. The molecule has 40 heavy (non-hydrogen) atoms. The van der Waals surface area contributed by atoms with E-state index in [0.29, 0.717) is 47.2 Å². The fourth-order valence-corrected chi connectivity index (χ4v) is 6.62. The van der Waals surface area contributed by atoms with Crippen LogP contribution in [0, 0.1) is 11.8 Å². The van der Waals surface area contributed by atoms with Gasteiger partial charge in [0.2, 0.25) is 17.7 Å². The molecule has 10 heteroatoms. The van der Waals surface area contributed by atoms with Crippen LogP contribution in [0.1, 0.15) is 23.6 Å². The zero-order valence-electron chi connectivity index (χ0n) is 21.6. The van der Waals surface area contributed by atoms with Crippen molar-refractivity contribution in [3.8, 4) is 23.0 Å². The van der Waals surface area contributed by atoms with Crippen LogP contribution in [0.25, 0.3) is 0 Å². The van der Waals surface area contributed by atoms with Gasteiger partial charge in [-0.3, -0.25) is 19.7 Å². The summed E-state index contributed by atoms with van der Waals surface area (Å²) in [6.45, 7) is 2.78. The van der Waals surface area contributed by atoms with Crippen molar-refractivity contribution in [2.45, 2.75) is 31.3 Å². The van der Waals surface area contributed by atoms with Gasteiger partial charge >= 0.3 is 0 Å². The first kappa shape index (κ1) is 24.5. The van der Waals surface area contributed by atoms with E-state index in [4.69, 9.17) is 9.47 Å². The zero-order valence-corrected chi connectivity index (χ0v) is 21.6. The van der Waals surface area contributed by atoms with Crippen molar-refractivity contribution < 1.29 is 34.1 Å². The predicted molar refractivity (Wildman–Crippen MR) is 143 cm³/mol. The van der Waals surface area contributed by atoms with Gasteiger partial charge in [-0.2, -0.15) is 0 Å².